The fraction of sp³-hybridized carbons (Fsp3) is 0.571. The highest BCUT2D eigenvalue weighted by molar-refractivity contribution is 9.09. The zero-order valence-electron chi connectivity index (χ0n) is 6.03. The van der Waals surface area contributed by atoms with Gasteiger partial charge in [0.15, 0.2) is 5.13 Å². The Kier molecular flexibility index (Phi) is 2.13. The summed E-state index contributed by atoms with van der Waals surface area (Å²) in [5.74, 6) is 0. The van der Waals surface area contributed by atoms with Crippen molar-refractivity contribution in [3.63, 3.8) is 0 Å². The van der Waals surface area contributed by atoms with Crippen LogP contribution in [0.2, 0.25) is 0 Å². The molecule has 0 saturated carbocycles. The van der Waals surface area contributed by atoms with Crippen LogP contribution in [0, 0.1) is 0 Å². The molecule has 11 heavy (non-hydrogen) atoms. The molecule has 60 valence electrons. The molecular weight excluding hydrogens is 224 g/mol. The van der Waals surface area contributed by atoms with Gasteiger partial charge in [0, 0.05) is 29.5 Å². The molecule has 1 saturated heterocycles. The fourth-order valence-corrected chi connectivity index (χ4v) is 2.50. The summed E-state index contributed by atoms with van der Waals surface area (Å²) in [6, 6.07) is 0. The van der Waals surface area contributed by atoms with E-state index in [1.165, 1.54) is 6.42 Å². The monoisotopic (exact) mass is 232 g/mol. The summed E-state index contributed by atoms with van der Waals surface area (Å²) in [7, 11) is 0. The predicted octanol–water partition coefficient (Wildman–Crippen LogP) is 2.12. The van der Waals surface area contributed by atoms with Gasteiger partial charge in [-0.15, -0.1) is 11.3 Å². The molecule has 1 aromatic heterocycles. The zero-order valence-corrected chi connectivity index (χ0v) is 8.44. The predicted molar refractivity (Wildman–Crippen MR) is 51.7 cm³/mol. The third-order valence-electron chi connectivity index (χ3n) is 1.82. The molecule has 1 unspecified atom stereocenters. The Morgan fingerprint density at radius 3 is 3.18 bits per heavy atom. The number of thiazole rings is 1. The number of rotatable bonds is 1. The number of hydrogen-bond acceptors (Lipinski definition) is 3. The number of aromatic nitrogens is 1. The van der Waals surface area contributed by atoms with E-state index in [-0.39, 0.29) is 0 Å². The summed E-state index contributed by atoms with van der Waals surface area (Å²) in [6.45, 7) is 2.25. The lowest BCUT2D eigenvalue weighted by Gasteiger charge is -2.12. The van der Waals surface area contributed by atoms with E-state index in [4.69, 9.17) is 0 Å². The standard InChI is InChI=1S/C7H9BrN2S/c8-6-1-3-10(5-6)7-9-2-4-11-7/h2,4,6H,1,3,5H2. The van der Waals surface area contributed by atoms with Gasteiger partial charge in [-0.2, -0.15) is 0 Å². The molecule has 1 aliphatic heterocycles. The minimum atomic E-state index is 0.659. The maximum Gasteiger partial charge on any atom is 0.185 e. The number of nitrogens with zero attached hydrogens (tertiary/aromatic N) is 2. The maximum absolute atomic E-state index is 4.26. The summed E-state index contributed by atoms with van der Waals surface area (Å²) in [4.78, 5) is 7.24. The lowest BCUT2D eigenvalue weighted by atomic mass is 10.4. The molecule has 0 radical (unpaired) electrons. The molecule has 1 fully saturated rings. The van der Waals surface area contributed by atoms with Crippen LogP contribution in [0.1, 0.15) is 6.42 Å². The number of anilines is 1. The average Bonchev–Trinajstić information content (AvgIpc) is 2.55. The molecule has 1 atom stereocenters. The first kappa shape index (κ1) is 7.55. The lowest BCUT2D eigenvalue weighted by molar-refractivity contribution is 0.958. The van der Waals surface area contributed by atoms with Crippen LogP contribution in [0.3, 0.4) is 0 Å². The van der Waals surface area contributed by atoms with Gasteiger partial charge in [0.05, 0.1) is 0 Å². The van der Waals surface area contributed by atoms with Crippen LogP contribution in [0.25, 0.3) is 0 Å². The van der Waals surface area contributed by atoms with E-state index in [0.29, 0.717) is 4.83 Å². The van der Waals surface area contributed by atoms with Crippen LogP contribution in [0.5, 0.6) is 0 Å². The van der Waals surface area contributed by atoms with E-state index < -0.39 is 0 Å². The largest absolute Gasteiger partial charge is 0.347 e. The number of halogens is 1. The van der Waals surface area contributed by atoms with Crippen LogP contribution < -0.4 is 4.90 Å². The molecule has 2 nitrogen and oxygen atoms in total. The van der Waals surface area contributed by atoms with Gasteiger partial charge >= 0.3 is 0 Å². The third-order valence-corrected chi connectivity index (χ3v) is 3.40. The lowest BCUT2D eigenvalue weighted by Crippen LogP contribution is -2.18. The van der Waals surface area contributed by atoms with Crippen LogP contribution in [0.4, 0.5) is 5.13 Å². The van der Waals surface area contributed by atoms with Crippen LogP contribution >= 0.6 is 27.3 Å². The molecule has 2 heterocycles. The van der Waals surface area contributed by atoms with Crippen molar-refractivity contribution in [2.45, 2.75) is 11.2 Å². The van der Waals surface area contributed by atoms with Crippen molar-refractivity contribution in [2.75, 3.05) is 18.0 Å². The Morgan fingerprint density at radius 2 is 2.64 bits per heavy atom. The van der Waals surface area contributed by atoms with Gasteiger partial charge in [-0.3, -0.25) is 0 Å². The molecule has 0 amide bonds. The van der Waals surface area contributed by atoms with E-state index in [2.05, 4.69) is 25.8 Å². The Morgan fingerprint density at radius 1 is 1.73 bits per heavy atom. The SMILES string of the molecule is BrC1CCN(c2nccs2)C1. The van der Waals surface area contributed by atoms with Crippen molar-refractivity contribution in [1.82, 2.24) is 4.98 Å². The first-order valence-corrected chi connectivity index (χ1v) is 5.44. The van der Waals surface area contributed by atoms with E-state index in [1.807, 2.05) is 11.6 Å². The minimum absolute atomic E-state index is 0.659. The highest BCUT2D eigenvalue weighted by atomic mass is 79.9. The Hall–Kier alpha value is -0.0900. The van der Waals surface area contributed by atoms with Crippen LogP contribution in [-0.4, -0.2) is 22.9 Å². The molecular formula is C7H9BrN2S. The van der Waals surface area contributed by atoms with Gasteiger partial charge in [0.1, 0.15) is 0 Å². The van der Waals surface area contributed by atoms with Gasteiger partial charge in [-0.05, 0) is 6.42 Å². The summed E-state index contributed by atoms with van der Waals surface area (Å²) < 4.78 is 0. The summed E-state index contributed by atoms with van der Waals surface area (Å²) in [5.41, 5.74) is 0. The van der Waals surface area contributed by atoms with Crippen LogP contribution in [-0.2, 0) is 0 Å². The van der Waals surface area contributed by atoms with Gasteiger partial charge in [-0.25, -0.2) is 4.98 Å². The van der Waals surface area contributed by atoms with Gasteiger partial charge in [0.2, 0.25) is 0 Å². The second kappa shape index (κ2) is 3.11. The molecule has 4 heteroatoms. The third kappa shape index (κ3) is 1.56. The summed E-state index contributed by atoms with van der Waals surface area (Å²) in [5, 5.41) is 3.18. The molecule has 0 aromatic carbocycles. The van der Waals surface area contributed by atoms with E-state index in [9.17, 15) is 0 Å². The molecule has 1 aliphatic rings. The molecule has 0 spiro atoms. The average molecular weight is 233 g/mol. The quantitative estimate of drug-likeness (QED) is 0.690. The summed E-state index contributed by atoms with van der Waals surface area (Å²) in [6.07, 6.45) is 3.10. The van der Waals surface area contributed by atoms with Gasteiger partial charge in [-0.1, -0.05) is 15.9 Å². The fourth-order valence-electron chi connectivity index (χ4n) is 1.26. The van der Waals surface area contributed by atoms with E-state index in [1.54, 1.807) is 11.3 Å². The van der Waals surface area contributed by atoms with Crippen LogP contribution in [0.15, 0.2) is 11.6 Å². The normalized spacial score (nSPS) is 24.5. The molecule has 0 aliphatic carbocycles. The van der Waals surface area contributed by atoms with Crippen molar-refractivity contribution in [3.8, 4) is 0 Å². The molecule has 0 bridgehead atoms. The topological polar surface area (TPSA) is 16.1 Å². The Bertz CT molecular complexity index is 224. The van der Waals surface area contributed by atoms with Crippen molar-refractivity contribution in [1.29, 1.82) is 0 Å². The molecule has 1 aromatic rings. The first-order valence-electron chi connectivity index (χ1n) is 3.65. The second-order valence-electron chi connectivity index (χ2n) is 2.65. The highest BCUT2D eigenvalue weighted by Crippen LogP contribution is 2.25. The zero-order chi connectivity index (χ0) is 7.68. The van der Waals surface area contributed by atoms with Crippen molar-refractivity contribution >= 4 is 32.4 Å². The summed E-state index contributed by atoms with van der Waals surface area (Å²) >= 11 is 5.32. The molecule has 2 rings (SSSR count). The van der Waals surface area contributed by atoms with E-state index in [0.717, 1.165) is 18.2 Å². The van der Waals surface area contributed by atoms with Gasteiger partial charge in [0.25, 0.3) is 0 Å². The smallest absolute Gasteiger partial charge is 0.185 e. The van der Waals surface area contributed by atoms with Crippen molar-refractivity contribution in [3.05, 3.63) is 11.6 Å². The Labute approximate surface area is 78.4 Å². The number of alkyl halides is 1. The molecule has 0 N–H and O–H groups in total. The van der Waals surface area contributed by atoms with Gasteiger partial charge < -0.3 is 4.90 Å². The maximum atomic E-state index is 4.26. The van der Waals surface area contributed by atoms with Crippen molar-refractivity contribution < 1.29 is 0 Å². The minimum Gasteiger partial charge on any atom is -0.347 e. The van der Waals surface area contributed by atoms with E-state index >= 15 is 0 Å². The number of hydrogen-bond donors (Lipinski definition) is 0. The first-order chi connectivity index (χ1) is 5.36. The highest BCUT2D eigenvalue weighted by Gasteiger charge is 2.21. The Balaban J connectivity index is 2.08. The second-order valence-corrected chi connectivity index (χ2v) is 4.81. The van der Waals surface area contributed by atoms with Crippen molar-refractivity contribution in [2.24, 2.45) is 0 Å².